The highest BCUT2D eigenvalue weighted by atomic mass is 35.5. The normalized spacial score (nSPS) is 35.5. The molecule has 8 N–H and O–H groups in total. The van der Waals surface area contributed by atoms with E-state index in [1.807, 2.05) is 13.0 Å². The summed E-state index contributed by atoms with van der Waals surface area (Å²) < 4.78 is 47.2. The van der Waals surface area contributed by atoms with Crippen molar-refractivity contribution in [2.45, 2.75) is 187 Å². The number of phenolic OH excluding ortho intramolecular Hbond substituents is 2. The van der Waals surface area contributed by atoms with Crippen molar-refractivity contribution in [1.82, 2.24) is 0 Å². The number of hydrogen-bond donors (Lipinski definition) is 8. The molecular formula is C52H74Cl2O19. The smallest absolute Gasteiger partial charge is 0.342 e. The number of carbonyl (C=O) groups excluding carboxylic acids is 3. The SMILES string of the molecule is CCc1c(Cl)c(O)c(Cl)c(O)c1C(=O)O[C@H]1[C@H](O)[C@H](OC)[C@H](OC/C2=C\C=C\C[C@H](O)/C(C)=C/[C@H](CC)[C@@H](O[C@@H]3OC(C)(C)[C@@H](OC(=O)C(C)C)[C@H](O)[C@@H]3O)/C(C)=C/C(C)=C/C(O)[C@@H]([C@@H](C)O)OC2=O)O[C@@H]1C. The monoisotopic (exact) mass is 1070 g/mol. The number of allylic oxidation sites excluding steroid dienone is 4. The van der Waals surface area contributed by atoms with Gasteiger partial charge in [-0.3, -0.25) is 4.79 Å². The molecular weight excluding hydrogens is 999 g/mol. The Hall–Kier alpha value is -3.93. The summed E-state index contributed by atoms with van der Waals surface area (Å²) in [6, 6.07) is 0. The number of phenols is 2. The molecule has 0 spiro atoms. The van der Waals surface area contributed by atoms with Crippen molar-refractivity contribution >= 4 is 41.1 Å². The molecule has 410 valence electrons. The molecule has 1 aromatic carbocycles. The maximum Gasteiger partial charge on any atom is 0.342 e. The van der Waals surface area contributed by atoms with E-state index < -0.39 is 150 Å². The van der Waals surface area contributed by atoms with Crippen LogP contribution in [0, 0.1) is 11.8 Å². The molecule has 1 aromatic rings. The number of rotatable bonds is 13. The van der Waals surface area contributed by atoms with Gasteiger partial charge in [0.2, 0.25) is 0 Å². The molecule has 0 bridgehead atoms. The third kappa shape index (κ3) is 14.9. The first kappa shape index (κ1) is 61.6. The van der Waals surface area contributed by atoms with Crippen LogP contribution in [-0.4, -0.2) is 164 Å². The highest BCUT2D eigenvalue weighted by Crippen LogP contribution is 2.45. The van der Waals surface area contributed by atoms with Gasteiger partial charge in [0.1, 0.15) is 46.7 Å². The average molecular weight is 1070 g/mol. The molecule has 1 unspecified atom stereocenters. The summed E-state index contributed by atoms with van der Waals surface area (Å²) in [5, 5.41) is 87.9. The highest BCUT2D eigenvalue weighted by molar-refractivity contribution is 6.39. The molecule has 0 amide bonds. The Bertz CT molecular complexity index is 2250. The number of aromatic hydroxyl groups is 2. The lowest BCUT2D eigenvalue weighted by atomic mass is 9.88. The second-order valence-corrected chi connectivity index (χ2v) is 20.3. The number of methoxy groups -OCH3 is 1. The van der Waals surface area contributed by atoms with Crippen LogP contribution < -0.4 is 0 Å². The average Bonchev–Trinajstić information content (AvgIpc) is 3.32. The zero-order valence-electron chi connectivity index (χ0n) is 43.4. The van der Waals surface area contributed by atoms with Crippen molar-refractivity contribution in [1.29, 1.82) is 0 Å². The van der Waals surface area contributed by atoms with Gasteiger partial charge in [-0.25, -0.2) is 9.59 Å². The van der Waals surface area contributed by atoms with Crippen molar-refractivity contribution in [3.8, 4) is 11.5 Å². The summed E-state index contributed by atoms with van der Waals surface area (Å²) in [6.45, 7) is 17.4. The molecule has 0 saturated carbocycles. The van der Waals surface area contributed by atoms with Crippen LogP contribution >= 0.6 is 23.2 Å². The third-order valence-corrected chi connectivity index (χ3v) is 13.8. The van der Waals surface area contributed by atoms with Gasteiger partial charge in [-0.2, -0.15) is 0 Å². The van der Waals surface area contributed by atoms with Gasteiger partial charge in [-0.1, -0.05) is 80.8 Å². The van der Waals surface area contributed by atoms with Crippen LogP contribution in [0.2, 0.25) is 10.0 Å². The number of ether oxygens (including phenoxy) is 8. The van der Waals surface area contributed by atoms with Crippen LogP contribution in [0.5, 0.6) is 11.5 Å². The molecule has 21 heteroatoms. The fourth-order valence-electron chi connectivity index (χ4n) is 8.75. The minimum absolute atomic E-state index is 0.0433. The van der Waals surface area contributed by atoms with Crippen LogP contribution in [0.25, 0.3) is 0 Å². The Morgan fingerprint density at radius 1 is 0.890 bits per heavy atom. The number of benzene rings is 1. The molecule has 15 atom stereocenters. The fraction of sp³-hybridized carbons (Fsp3) is 0.635. The Morgan fingerprint density at radius 2 is 1.55 bits per heavy atom. The molecule has 0 aromatic heterocycles. The van der Waals surface area contributed by atoms with Gasteiger partial charge >= 0.3 is 17.9 Å². The lowest BCUT2D eigenvalue weighted by Crippen LogP contribution is -2.64. The Kier molecular flexibility index (Phi) is 22.5. The first-order valence-corrected chi connectivity index (χ1v) is 25.0. The van der Waals surface area contributed by atoms with Gasteiger partial charge in [-0.05, 0) is 96.6 Å². The molecule has 19 nitrogen and oxygen atoms in total. The highest BCUT2D eigenvalue weighted by Gasteiger charge is 2.53. The van der Waals surface area contributed by atoms with E-state index in [-0.39, 0.29) is 29.0 Å². The van der Waals surface area contributed by atoms with Crippen molar-refractivity contribution in [2.75, 3.05) is 13.7 Å². The molecule has 73 heavy (non-hydrogen) atoms. The van der Waals surface area contributed by atoms with E-state index >= 15 is 0 Å². The quantitative estimate of drug-likeness (QED) is 0.0715. The van der Waals surface area contributed by atoms with Gasteiger partial charge in [0.25, 0.3) is 0 Å². The van der Waals surface area contributed by atoms with Gasteiger partial charge in [0.15, 0.2) is 42.4 Å². The molecule has 3 heterocycles. The number of carbonyl (C=O) groups is 3. The lowest BCUT2D eigenvalue weighted by molar-refractivity contribution is -0.333. The van der Waals surface area contributed by atoms with E-state index in [1.54, 1.807) is 67.5 Å². The van der Waals surface area contributed by atoms with E-state index in [4.69, 9.17) is 61.1 Å². The minimum Gasteiger partial charge on any atom is -0.505 e. The Balaban J connectivity index is 1.63. The van der Waals surface area contributed by atoms with Gasteiger partial charge < -0.3 is 78.7 Å². The summed E-state index contributed by atoms with van der Waals surface area (Å²) in [6.07, 6.45) is -9.24. The maximum absolute atomic E-state index is 14.0. The van der Waals surface area contributed by atoms with Crippen molar-refractivity contribution in [3.63, 3.8) is 0 Å². The van der Waals surface area contributed by atoms with Crippen LogP contribution in [0.3, 0.4) is 0 Å². The predicted octanol–water partition coefficient (Wildman–Crippen LogP) is 5.21. The Labute approximate surface area is 436 Å². The molecule has 4 rings (SSSR count). The van der Waals surface area contributed by atoms with Crippen LogP contribution in [0.15, 0.2) is 58.7 Å². The van der Waals surface area contributed by atoms with Gasteiger partial charge in [0, 0.05) is 13.0 Å². The summed E-state index contributed by atoms with van der Waals surface area (Å²) >= 11 is 12.3. The van der Waals surface area contributed by atoms with Gasteiger partial charge in [-0.15, -0.1) is 0 Å². The molecule has 3 aliphatic rings. The van der Waals surface area contributed by atoms with E-state index in [1.165, 1.54) is 39.2 Å². The molecule has 2 saturated heterocycles. The maximum atomic E-state index is 14.0. The van der Waals surface area contributed by atoms with Crippen LogP contribution in [0.4, 0.5) is 0 Å². The van der Waals surface area contributed by atoms with E-state index in [0.717, 1.165) is 0 Å². The zero-order chi connectivity index (χ0) is 55.0. The summed E-state index contributed by atoms with van der Waals surface area (Å²) in [4.78, 5) is 40.0. The topological polar surface area (TPSA) is 287 Å². The summed E-state index contributed by atoms with van der Waals surface area (Å²) in [5.74, 6) is -5.11. The molecule has 3 aliphatic heterocycles. The first-order valence-electron chi connectivity index (χ1n) is 24.3. The van der Waals surface area contributed by atoms with Crippen molar-refractivity contribution in [3.05, 3.63) is 79.9 Å². The van der Waals surface area contributed by atoms with E-state index in [0.29, 0.717) is 23.1 Å². The fourth-order valence-corrected chi connectivity index (χ4v) is 9.31. The first-order chi connectivity index (χ1) is 34.1. The van der Waals surface area contributed by atoms with Gasteiger partial charge in [0.05, 0.1) is 47.5 Å². The molecule has 0 aliphatic carbocycles. The molecule has 2 fully saturated rings. The second-order valence-electron chi connectivity index (χ2n) is 19.5. The lowest BCUT2D eigenvalue weighted by Gasteiger charge is -2.47. The van der Waals surface area contributed by atoms with Crippen LogP contribution in [-0.2, 0) is 53.9 Å². The number of esters is 3. The number of halogens is 2. The Morgan fingerprint density at radius 3 is 2.14 bits per heavy atom. The third-order valence-electron chi connectivity index (χ3n) is 13.0. The van der Waals surface area contributed by atoms with Crippen LogP contribution in [0.1, 0.15) is 105 Å². The largest absolute Gasteiger partial charge is 0.505 e. The van der Waals surface area contributed by atoms with E-state index in [2.05, 4.69) is 0 Å². The number of aliphatic hydroxyl groups is 6. The predicted molar refractivity (Wildman–Crippen MR) is 266 cm³/mol. The standard InChI is InChI=1S/C52H74Cl2O19/c1-13-29-21-25(6)32(56)18-16-15-17-30(22-67-51-45(66-12)41(62)44(28(9)68-51)70-49(65)34-31(14-2)35(53)38(59)36(54)37(34)58)48(64)69-43(27(8)55)33(57)20-24(5)19-26(7)42(29)71-50-40(61)39(60)46(52(10,11)73-50)72-47(63)23(3)4/h15-17,19-21,23,27-29,32-33,39-46,50-51,55-62H,13-14,18,22H2,1-12H3/b16-15+,24-20+,25-21+,26-19+,30-17+/t27-,28-,29+,32+,33?,39-,40+,41+,42+,43-,44-,45+,46+,50-,51-/m1/s1. The summed E-state index contributed by atoms with van der Waals surface area (Å²) in [5.41, 5.74) is -0.275. The van der Waals surface area contributed by atoms with Crippen molar-refractivity contribution < 1.29 is 93.1 Å². The zero-order valence-corrected chi connectivity index (χ0v) is 44.9. The van der Waals surface area contributed by atoms with Crippen molar-refractivity contribution in [2.24, 2.45) is 11.8 Å². The minimum atomic E-state index is -1.65. The number of aliphatic hydroxyl groups excluding tert-OH is 6. The number of cyclic esters (lactones) is 1. The van der Waals surface area contributed by atoms with E-state index in [9.17, 15) is 55.2 Å². The second kappa shape index (κ2) is 26.7. The molecule has 0 radical (unpaired) electrons. The summed E-state index contributed by atoms with van der Waals surface area (Å²) in [7, 11) is 1.24. The number of hydrogen-bond acceptors (Lipinski definition) is 19.